The van der Waals surface area contributed by atoms with E-state index in [1.54, 1.807) is 4.90 Å². The molecule has 0 unspecified atom stereocenters. The number of aryl methyl sites for hydroxylation is 1. The molecule has 0 radical (unpaired) electrons. The number of carbonyl (C=O) groups is 2. The Morgan fingerprint density at radius 2 is 1.96 bits per heavy atom. The van der Waals surface area contributed by atoms with Gasteiger partial charge in [-0.1, -0.05) is 12.1 Å². The van der Waals surface area contributed by atoms with Crippen LogP contribution in [0.1, 0.15) is 31.7 Å². The third kappa shape index (κ3) is 4.71. The van der Waals surface area contributed by atoms with Crippen LogP contribution in [0.5, 0.6) is 0 Å². The third-order valence-corrected chi connectivity index (χ3v) is 4.35. The van der Waals surface area contributed by atoms with Crippen molar-refractivity contribution in [3.63, 3.8) is 0 Å². The Hall–Kier alpha value is -2.04. The number of hydrogen-bond acceptors (Lipinski definition) is 3. The van der Waals surface area contributed by atoms with Crippen molar-refractivity contribution in [3.8, 4) is 0 Å². The van der Waals surface area contributed by atoms with Gasteiger partial charge >= 0.3 is 0 Å². The topological polar surface area (TPSA) is 52.7 Å². The molecule has 1 aliphatic rings. The molecule has 5 nitrogen and oxygen atoms in total. The highest BCUT2D eigenvalue weighted by atomic mass is 16.2. The number of benzene rings is 1. The van der Waals surface area contributed by atoms with Gasteiger partial charge in [0.1, 0.15) is 6.04 Å². The zero-order valence-corrected chi connectivity index (χ0v) is 14.3. The average molecular weight is 317 g/mol. The molecule has 1 heterocycles. The molecule has 1 aromatic rings. The fourth-order valence-corrected chi connectivity index (χ4v) is 3.00. The molecule has 0 spiro atoms. The fraction of sp³-hybridized carbons (Fsp3) is 0.556. The van der Waals surface area contributed by atoms with Crippen molar-refractivity contribution < 1.29 is 9.59 Å². The van der Waals surface area contributed by atoms with Crippen molar-refractivity contribution >= 4 is 17.5 Å². The molecule has 1 N–H and O–H groups in total. The first kappa shape index (κ1) is 17.3. The molecular formula is C18H27N3O2. The van der Waals surface area contributed by atoms with E-state index in [4.69, 9.17) is 0 Å². The van der Waals surface area contributed by atoms with E-state index >= 15 is 0 Å². The summed E-state index contributed by atoms with van der Waals surface area (Å²) >= 11 is 0. The normalized spacial score (nSPS) is 17.2. The number of nitrogens with zero attached hydrogens (tertiary/aromatic N) is 2. The van der Waals surface area contributed by atoms with Gasteiger partial charge < -0.3 is 15.1 Å². The summed E-state index contributed by atoms with van der Waals surface area (Å²) in [7, 11) is 4.05. The first-order chi connectivity index (χ1) is 11.0. The lowest BCUT2D eigenvalue weighted by molar-refractivity contribution is -0.136. The van der Waals surface area contributed by atoms with Crippen LogP contribution in [0, 0.1) is 0 Å². The van der Waals surface area contributed by atoms with Crippen molar-refractivity contribution in [3.05, 3.63) is 29.8 Å². The van der Waals surface area contributed by atoms with Crippen LogP contribution in [0.15, 0.2) is 24.3 Å². The van der Waals surface area contributed by atoms with Gasteiger partial charge in [0.25, 0.3) is 0 Å². The molecule has 23 heavy (non-hydrogen) atoms. The van der Waals surface area contributed by atoms with Crippen molar-refractivity contribution in [2.75, 3.05) is 32.1 Å². The molecule has 2 rings (SSSR count). The molecule has 1 atom stereocenters. The van der Waals surface area contributed by atoms with E-state index in [0.29, 0.717) is 13.1 Å². The SMILES string of the molecule is CC(=O)N1CCC[C@@H]1C(=O)NCCCc1ccc(N(C)C)cc1. The van der Waals surface area contributed by atoms with Crippen LogP contribution in [0.4, 0.5) is 5.69 Å². The number of amides is 2. The van der Waals surface area contributed by atoms with E-state index < -0.39 is 0 Å². The summed E-state index contributed by atoms with van der Waals surface area (Å²) in [6, 6.07) is 8.21. The molecule has 1 aliphatic heterocycles. The second kappa shape index (κ2) is 7.99. The van der Waals surface area contributed by atoms with Gasteiger partial charge in [-0.3, -0.25) is 9.59 Å². The van der Waals surface area contributed by atoms with Crippen molar-refractivity contribution in [1.82, 2.24) is 10.2 Å². The smallest absolute Gasteiger partial charge is 0.242 e. The van der Waals surface area contributed by atoms with Crippen LogP contribution in [0.2, 0.25) is 0 Å². The lowest BCUT2D eigenvalue weighted by Gasteiger charge is -2.22. The van der Waals surface area contributed by atoms with Gasteiger partial charge in [0.15, 0.2) is 0 Å². The van der Waals surface area contributed by atoms with Crippen molar-refractivity contribution in [2.24, 2.45) is 0 Å². The third-order valence-electron chi connectivity index (χ3n) is 4.35. The first-order valence-corrected chi connectivity index (χ1v) is 8.30. The van der Waals surface area contributed by atoms with Gasteiger partial charge in [-0.15, -0.1) is 0 Å². The van der Waals surface area contributed by atoms with Gasteiger partial charge in [-0.2, -0.15) is 0 Å². The lowest BCUT2D eigenvalue weighted by atomic mass is 10.1. The van der Waals surface area contributed by atoms with Gasteiger partial charge in [0.2, 0.25) is 11.8 Å². The van der Waals surface area contributed by atoms with Crippen LogP contribution in [0.3, 0.4) is 0 Å². The van der Waals surface area contributed by atoms with Gasteiger partial charge in [0.05, 0.1) is 0 Å². The molecule has 0 aliphatic carbocycles. The fourth-order valence-electron chi connectivity index (χ4n) is 3.00. The minimum absolute atomic E-state index is 0.0105. The molecule has 0 bridgehead atoms. The lowest BCUT2D eigenvalue weighted by Crippen LogP contribution is -2.45. The number of nitrogens with one attached hydrogen (secondary N) is 1. The monoisotopic (exact) mass is 317 g/mol. The Morgan fingerprint density at radius 1 is 1.26 bits per heavy atom. The number of likely N-dealkylation sites (tertiary alicyclic amines) is 1. The summed E-state index contributed by atoms with van der Waals surface area (Å²) in [5.41, 5.74) is 2.46. The predicted octanol–water partition coefficient (Wildman–Crippen LogP) is 1.81. The quantitative estimate of drug-likeness (QED) is 0.814. The van der Waals surface area contributed by atoms with E-state index in [2.05, 4.69) is 34.5 Å². The van der Waals surface area contributed by atoms with E-state index in [0.717, 1.165) is 25.7 Å². The maximum atomic E-state index is 12.2. The van der Waals surface area contributed by atoms with E-state index in [1.165, 1.54) is 18.2 Å². The number of carbonyl (C=O) groups excluding carboxylic acids is 2. The van der Waals surface area contributed by atoms with Crippen molar-refractivity contribution in [1.29, 1.82) is 0 Å². The zero-order chi connectivity index (χ0) is 16.8. The molecular weight excluding hydrogens is 290 g/mol. The first-order valence-electron chi connectivity index (χ1n) is 8.30. The summed E-state index contributed by atoms with van der Waals surface area (Å²) in [4.78, 5) is 27.4. The van der Waals surface area contributed by atoms with E-state index in [-0.39, 0.29) is 17.9 Å². The van der Waals surface area contributed by atoms with Crippen LogP contribution in [0.25, 0.3) is 0 Å². The molecule has 126 valence electrons. The minimum atomic E-state index is -0.271. The van der Waals surface area contributed by atoms with Crippen LogP contribution in [-0.4, -0.2) is 49.9 Å². The second-order valence-electron chi connectivity index (χ2n) is 6.33. The maximum Gasteiger partial charge on any atom is 0.242 e. The number of anilines is 1. The minimum Gasteiger partial charge on any atom is -0.378 e. The van der Waals surface area contributed by atoms with Gasteiger partial charge in [-0.05, 0) is 43.4 Å². The molecule has 0 saturated carbocycles. The molecule has 5 heteroatoms. The van der Waals surface area contributed by atoms with Crippen molar-refractivity contribution in [2.45, 2.75) is 38.6 Å². The summed E-state index contributed by atoms with van der Waals surface area (Å²) in [6.07, 6.45) is 3.53. The standard InChI is InChI=1S/C18H27N3O2/c1-14(22)21-13-5-7-17(21)18(23)19-12-4-6-15-8-10-16(11-9-15)20(2)3/h8-11,17H,4-7,12-13H2,1-3H3,(H,19,23)/t17-/m1/s1. The van der Waals surface area contributed by atoms with Gasteiger partial charge in [-0.25, -0.2) is 0 Å². The highest BCUT2D eigenvalue weighted by Crippen LogP contribution is 2.17. The van der Waals surface area contributed by atoms with E-state index in [9.17, 15) is 9.59 Å². The molecule has 1 fully saturated rings. The summed E-state index contributed by atoms with van der Waals surface area (Å²) in [6.45, 7) is 2.88. The second-order valence-corrected chi connectivity index (χ2v) is 6.33. The van der Waals surface area contributed by atoms with Crippen LogP contribution < -0.4 is 10.2 Å². The Bertz CT molecular complexity index is 540. The molecule has 0 aromatic heterocycles. The summed E-state index contributed by atoms with van der Waals surface area (Å²) in [5.74, 6) is -0.0238. The Balaban J connectivity index is 1.72. The Labute approximate surface area is 138 Å². The summed E-state index contributed by atoms with van der Waals surface area (Å²) in [5, 5.41) is 2.97. The predicted molar refractivity (Wildman–Crippen MR) is 92.5 cm³/mol. The highest BCUT2D eigenvalue weighted by molar-refractivity contribution is 5.87. The van der Waals surface area contributed by atoms with Gasteiger partial charge in [0, 0.05) is 39.8 Å². The Kier molecular flexibility index (Phi) is 6.02. The largest absolute Gasteiger partial charge is 0.378 e. The zero-order valence-electron chi connectivity index (χ0n) is 14.3. The highest BCUT2D eigenvalue weighted by Gasteiger charge is 2.31. The van der Waals surface area contributed by atoms with E-state index in [1.807, 2.05) is 14.1 Å². The number of hydrogen-bond donors (Lipinski definition) is 1. The van der Waals surface area contributed by atoms with Crippen LogP contribution in [-0.2, 0) is 16.0 Å². The summed E-state index contributed by atoms with van der Waals surface area (Å²) < 4.78 is 0. The Morgan fingerprint density at radius 3 is 2.57 bits per heavy atom. The molecule has 1 saturated heterocycles. The number of rotatable bonds is 6. The molecule has 2 amide bonds. The maximum absolute atomic E-state index is 12.2. The molecule has 1 aromatic carbocycles. The average Bonchev–Trinajstić information content (AvgIpc) is 3.01. The van der Waals surface area contributed by atoms with Crippen LogP contribution >= 0.6 is 0 Å².